The van der Waals surface area contributed by atoms with E-state index < -0.39 is 83.0 Å². The van der Waals surface area contributed by atoms with Gasteiger partial charge in [-0.1, -0.05) is 184 Å². The Morgan fingerprint density at radius 2 is 0.800 bits per heavy atom. The van der Waals surface area contributed by atoms with Gasteiger partial charge in [0.05, 0.1) is 35.9 Å². The molecular formula is C110H156N12O18. The number of nitrogens with one attached hydrogen (secondary N) is 4. The van der Waals surface area contributed by atoms with Gasteiger partial charge in [0.1, 0.15) is 47.8 Å². The van der Waals surface area contributed by atoms with E-state index >= 15 is 0 Å². The van der Waals surface area contributed by atoms with Gasteiger partial charge in [-0.05, 0) is 210 Å². The highest BCUT2D eigenvalue weighted by atomic mass is 16.3. The number of fused-ring (bicyclic) bond motifs is 4. The number of hydrogen-bond acceptors (Lipinski definition) is 22. The monoisotopic (exact) mass is 1930 g/mol. The van der Waals surface area contributed by atoms with E-state index in [9.17, 15) is 86.9 Å². The van der Waals surface area contributed by atoms with E-state index in [1.54, 1.807) is 58.0 Å². The molecule has 0 bridgehead atoms. The largest absolute Gasteiger partial charge is 0.385 e. The fourth-order valence-corrected chi connectivity index (χ4v) is 23.0. The molecule has 6 N–H and O–H groups in total. The lowest BCUT2D eigenvalue weighted by Crippen LogP contribution is -2.58. The summed E-state index contributed by atoms with van der Waals surface area (Å²) in [6.45, 7) is 28.9. The molecule has 140 heavy (non-hydrogen) atoms. The van der Waals surface area contributed by atoms with Gasteiger partial charge in [0, 0.05) is 113 Å². The number of imide groups is 2. The van der Waals surface area contributed by atoms with Gasteiger partial charge in [-0.25, -0.2) is 9.97 Å². The lowest BCUT2D eigenvalue weighted by atomic mass is 9.76. The predicted octanol–water partition coefficient (Wildman–Crippen LogP) is 14.6. The first kappa shape index (κ1) is 110. The molecule has 16 rings (SSSR count). The molecule has 4 aromatic rings. The molecule has 12 aliphatic rings. The summed E-state index contributed by atoms with van der Waals surface area (Å²) in [6.07, 6.45) is 27.8. The SMILES string of the molecule is CC.CC.CCC[C@@H](CC(=O)[C@@H]1[C@H]2CCC[C@H]2CN1C(=O)[C@@H](NC(=O)[C@@H](CC(=O)c1cnc(C)cn1)C1CCCCC1)C(C)(C)C)C(O)C(=O)CC1CC1.CCC[C@@H](CC(=O)[C@@H]1[C@H]2CCC[C@H]2CN1C(=O)[C@@H](NC(=O)[C@@H](CC(=O)c1cnc(C)cn1)C1CCCCC1)C(C)(C)C)C(O)C(=O)CC1CC1.O=C1CCC(N2Cc3ccccc3C2=O)C(=O)N1.O=C1CCC(N2Cc3ccccc3C2=O)C(=O)N1. The molecule has 6 aliphatic heterocycles. The first-order valence-corrected chi connectivity index (χ1v) is 52.7. The molecule has 4 saturated heterocycles. The minimum Gasteiger partial charge on any atom is -0.385 e. The highest BCUT2D eigenvalue weighted by Gasteiger charge is 2.56. The van der Waals surface area contributed by atoms with Crippen LogP contribution in [0.25, 0.3) is 0 Å². The number of Topliss-reactive ketones (excluding diaryl/α,β-unsaturated/α-hetero) is 6. The number of likely N-dealkylation sites (tertiary alicyclic amines) is 2. The summed E-state index contributed by atoms with van der Waals surface area (Å²) < 4.78 is 0. The standard InChI is InChI=1S/2C40H60N4O6.2C13H12N2O3.2C2H6/c2*1-6-11-27(36(48)34(47)18-25-16-17-25)19-33(46)35-29-15-10-14-28(29)23-44(35)39(50)37(40(3,4)5)43-38(49)30(26-12-8-7-9-13-26)20-32(45)31-22-41-24(2)21-42-31;2*16-11-6-5-10(12(17)14-11)15-7-8-3-1-2-4-9(8)13(15)18;2*1-2/h2*21-22,25-30,35-37,48H,6-20,23H2,1-5H3,(H,43,49);2*1-4,10H,5-7H2,(H,14,16,17);2*1-2H3/t2*27-,28-,29-,30-,35-,36?,37+;;;;/m00..../s1. The van der Waals surface area contributed by atoms with E-state index in [-0.39, 0.29) is 179 Å². The number of piperidine rings is 2. The summed E-state index contributed by atoms with van der Waals surface area (Å²) in [7, 11) is 0. The van der Waals surface area contributed by atoms with Gasteiger partial charge in [-0.2, -0.15) is 0 Å². The van der Waals surface area contributed by atoms with Crippen LogP contribution in [0.4, 0.5) is 0 Å². The average molecular weight is 1930 g/mol. The summed E-state index contributed by atoms with van der Waals surface area (Å²) in [5.74, 6) is -4.58. The first-order chi connectivity index (χ1) is 66.9. The van der Waals surface area contributed by atoms with Gasteiger partial charge < -0.3 is 40.4 Å². The third kappa shape index (κ3) is 28.2. The molecule has 6 saturated carbocycles. The number of aliphatic hydroxyl groups is 2. The Balaban J connectivity index is 0.000000193. The number of benzene rings is 2. The fourth-order valence-electron chi connectivity index (χ4n) is 23.0. The number of ketones is 6. The number of carbonyl (C=O) groups excluding carboxylic acids is 16. The van der Waals surface area contributed by atoms with Crippen molar-refractivity contribution in [2.45, 2.75) is 377 Å². The van der Waals surface area contributed by atoms with Crippen molar-refractivity contribution >= 4 is 93.8 Å². The Bertz CT molecular complexity index is 4730. The van der Waals surface area contributed by atoms with Crippen LogP contribution in [0.5, 0.6) is 0 Å². The van der Waals surface area contributed by atoms with Crippen LogP contribution in [0.3, 0.4) is 0 Å². The first-order valence-electron chi connectivity index (χ1n) is 52.7. The summed E-state index contributed by atoms with van der Waals surface area (Å²) in [4.78, 5) is 233. The second-order valence-corrected chi connectivity index (χ2v) is 43.2. The van der Waals surface area contributed by atoms with E-state index in [0.717, 1.165) is 152 Å². The second kappa shape index (κ2) is 50.5. The molecule has 0 radical (unpaired) electrons. The Morgan fingerprint density at radius 1 is 0.443 bits per heavy atom. The Labute approximate surface area is 827 Å². The number of aromatic nitrogens is 4. The maximum absolute atomic E-state index is 14.7. The molecule has 2 aromatic carbocycles. The molecule has 16 atom stereocenters. The van der Waals surface area contributed by atoms with E-state index in [1.807, 2.05) is 119 Å². The topological polar surface area (TPSA) is 426 Å². The number of aryl methyl sites for hydroxylation is 2. The van der Waals surface area contributed by atoms with Crippen LogP contribution >= 0.6 is 0 Å². The van der Waals surface area contributed by atoms with Crippen molar-refractivity contribution < 1.29 is 86.9 Å². The highest BCUT2D eigenvalue weighted by Crippen LogP contribution is 2.48. The number of rotatable bonds is 34. The van der Waals surface area contributed by atoms with Gasteiger partial charge in [-0.15, -0.1) is 0 Å². The second-order valence-electron chi connectivity index (χ2n) is 43.2. The lowest BCUT2D eigenvalue weighted by molar-refractivity contribution is -0.145. The third-order valence-corrected chi connectivity index (χ3v) is 30.9. The minimum absolute atomic E-state index is 0.00508. The van der Waals surface area contributed by atoms with Crippen LogP contribution in [0.2, 0.25) is 0 Å². The zero-order chi connectivity index (χ0) is 102. The van der Waals surface area contributed by atoms with Crippen molar-refractivity contribution in [3.05, 3.63) is 118 Å². The number of hydrogen-bond donors (Lipinski definition) is 6. The zero-order valence-electron chi connectivity index (χ0n) is 85.3. The third-order valence-electron chi connectivity index (χ3n) is 30.9. The van der Waals surface area contributed by atoms with Crippen LogP contribution in [0, 0.1) is 95.7 Å². The average Bonchev–Trinajstić information content (AvgIpc) is 1.62. The fraction of sp³-hybridized carbons (Fsp3) is 0.673. The molecule has 2 aromatic heterocycles. The highest BCUT2D eigenvalue weighted by molar-refractivity contribution is 6.07. The quantitative estimate of drug-likeness (QED) is 0.0187. The maximum atomic E-state index is 14.7. The molecule has 10 amide bonds. The smallest absolute Gasteiger partial charge is 0.255 e. The molecule has 10 fully saturated rings. The molecule has 30 nitrogen and oxygen atoms in total. The van der Waals surface area contributed by atoms with Gasteiger partial charge >= 0.3 is 0 Å². The Hall–Kier alpha value is -10.4. The van der Waals surface area contributed by atoms with Gasteiger partial charge in [0.15, 0.2) is 34.7 Å². The van der Waals surface area contributed by atoms with Crippen LogP contribution in [-0.4, -0.2) is 205 Å². The van der Waals surface area contributed by atoms with Crippen molar-refractivity contribution in [3.63, 3.8) is 0 Å². The van der Waals surface area contributed by atoms with Crippen molar-refractivity contribution in [1.82, 2.24) is 60.8 Å². The summed E-state index contributed by atoms with van der Waals surface area (Å²) in [5.41, 5.74) is 3.73. The number of aliphatic hydroxyl groups excluding tert-OH is 2. The molecule has 6 aliphatic carbocycles. The summed E-state index contributed by atoms with van der Waals surface area (Å²) >= 11 is 0. The van der Waals surface area contributed by atoms with Gasteiger partial charge in [0.25, 0.3) is 11.8 Å². The molecule has 764 valence electrons. The van der Waals surface area contributed by atoms with Crippen molar-refractivity contribution in [1.29, 1.82) is 0 Å². The summed E-state index contributed by atoms with van der Waals surface area (Å²) in [6, 6.07) is 10.5. The van der Waals surface area contributed by atoms with Crippen LogP contribution in [0.1, 0.15) is 366 Å². The Morgan fingerprint density at radius 3 is 1.11 bits per heavy atom. The lowest BCUT2D eigenvalue weighted by Gasteiger charge is -2.38. The van der Waals surface area contributed by atoms with Crippen molar-refractivity contribution in [3.8, 4) is 0 Å². The predicted molar refractivity (Wildman–Crippen MR) is 527 cm³/mol. The molecular weight excluding hydrogens is 1780 g/mol. The zero-order valence-corrected chi connectivity index (χ0v) is 85.3. The van der Waals surface area contributed by atoms with E-state index in [1.165, 1.54) is 12.4 Å². The van der Waals surface area contributed by atoms with Crippen LogP contribution < -0.4 is 21.3 Å². The van der Waals surface area contributed by atoms with E-state index in [0.29, 0.717) is 99.1 Å². The van der Waals surface area contributed by atoms with E-state index in [4.69, 9.17) is 0 Å². The molecule has 8 heterocycles. The molecule has 4 unspecified atom stereocenters. The van der Waals surface area contributed by atoms with Gasteiger partial charge in [0.2, 0.25) is 47.3 Å². The minimum atomic E-state index is -1.17. The van der Waals surface area contributed by atoms with Crippen LogP contribution in [-0.2, 0) is 70.6 Å². The number of carbonyl (C=O) groups is 16. The van der Waals surface area contributed by atoms with Gasteiger partial charge in [-0.3, -0.25) is 97.3 Å². The van der Waals surface area contributed by atoms with Crippen LogP contribution in [0.15, 0.2) is 73.3 Å². The summed E-state index contributed by atoms with van der Waals surface area (Å²) in [5, 5.41) is 33.0. The number of nitrogens with zero attached hydrogens (tertiary/aromatic N) is 8. The normalized spacial score (nSPS) is 23.9. The van der Waals surface area contributed by atoms with Crippen molar-refractivity contribution in [2.75, 3.05) is 13.1 Å². The maximum Gasteiger partial charge on any atom is 0.255 e. The van der Waals surface area contributed by atoms with Crippen molar-refractivity contribution in [2.24, 2.45) is 81.8 Å². The Kier molecular flexibility index (Phi) is 39.7. The van der Waals surface area contributed by atoms with E-state index in [2.05, 4.69) is 41.2 Å². The molecule has 30 heteroatoms. The molecule has 0 spiro atoms. The number of amides is 10.